The molecule has 0 spiro atoms. The molecule has 3 unspecified atom stereocenters. The van der Waals surface area contributed by atoms with Crippen LogP contribution in [0.15, 0.2) is 0 Å². The Morgan fingerprint density at radius 1 is 1.05 bits per heavy atom. The maximum atomic E-state index is 3.74. The van der Waals surface area contributed by atoms with Crippen molar-refractivity contribution in [3.05, 3.63) is 0 Å². The molecular formula is C17H34N2. The highest BCUT2D eigenvalue weighted by atomic mass is 15.1. The van der Waals surface area contributed by atoms with Gasteiger partial charge in [-0.2, -0.15) is 0 Å². The molecule has 19 heavy (non-hydrogen) atoms. The first-order chi connectivity index (χ1) is 9.22. The highest BCUT2D eigenvalue weighted by Gasteiger charge is 2.31. The molecule has 2 fully saturated rings. The summed E-state index contributed by atoms with van der Waals surface area (Å²) in [5.41, 5.74) is 0. The van der Waals surface area contributed by atoms with E-state index in [9.17, 15) is 0 Å². The minimum Gasteiger partial charge on any atom is -0.314 e. The molecule has 0 radical (unpaired) electrons. The Morgan fingerprint density at radius 2 is 1.84 bits per heavy atom. The minimum absolute atomic E-state index is 0.778. The molecule has 1 N–H and O–H groups in total. The number of hydrogen-bond acceptors (Lipinski definition) is 2. The number of nitrogens with zero attached hydrogens (tertiary/aromatic N) is 1. The first-order valence-electron chi connectivity index (χ1n) is 8.68. The Labute approximate surface area is 120 Å². The van der Waals surface area contributed by atoms with Crippen LogP contribution in [0.5, 0.6) is 0 Å². The van der Waals surface area contributed by atoms with Gasteiger partial charge in [-0.3, -0.25) is 0 Å². The lowest BCUT2D eigenvalue weighted by molar-refractivity contribution is 0.142. The number of rotatable bonds is 8. The monoisotopic (exact) mass is 266 g/mol. The summed E-state index contributed by atoms with van der Waals surface area (Å²) in [5.74, 6) is 2.85. The average molecular weight is 266 g/mol. The van der Waals surface area contributed by atoms with Gasteiger partial charge >= 0.3 is 0 Å². The van der Waals surface area contributed by atoms with Crippen LogP contribution in [0.3, 0.4) is 0 Å². The van der Waals surface area contributed by atoms with Gasteiger partial charge in [0.2, 0.25) is 0 Å². The normalized spacial score (nSPS) is 31.9. The predicted octanol–water partition coefficient (Wildman–Crippen LogP) is 3.52. The van der Waals surface area contributed by atoms with Crippen molar-refractivity contribution in [2.75, 3.05) is 26.2 Å². The second-order valence-electron chi connectivity index (χ2n) is 7.05. The zero-order chi connectivity index (χ0) is 13.7. The molecule has 0 aromatic carbocycles. The third-order valence-electron chi connectivity index (χ3n) is 4.96. The van der Waals surface area contributed by atoms with Crippen LogP contribution in [0.1, 0.15) is 59.3 Å². The molecule has 0 aliphatic heterocycles. The summed E-state index contributed by atoms with van der Waals surface area (Å²) in [6.07, 6.45) is 8.52. The molecule has 2 rings (SSSR count). The second kappa shape index (κ2) is 7.64. The van der Waals surface area contributed by atoms with Crippen molar-refractivity contribution in [3.63, 3.8) is 0 Å². The van der Waals surface area contributed by atoms with E-state index in [1.54, 1.807) is 0 Å². The summed E-state index contributed by atoms with van der Waals surface area (Å²) in [4.78, 5) is 2.77. The van der Waals surface area contributed by atoms with Crippen molar-refractivity contribution in [1.82, 2.24) is 10.2 Å². The van der Waals surface area contributed by atoms with Crippen LogP contribution in [0.4, 0.5) is 0 Å². The third-order valence-corrected chi connectivity index (χ3v) is 4.96. The van der Waals surface area contributed by atoms with Crippen molar-refractivity contribution in [1.29, 1.82) is 0 Å². The van der Waals surface area contributed by atoms with Crippen LogP contribution in [-0.4, -0.2) is 37.1 Å². The van der Waals surface area contributed by atoms with Crippen molar-refractivity contribution >= 4 is 0 Å². The Morgan fingerprint density at radius 3 is 2.47 bits per heavy atom. The lowest BCUT2D eigenvalue weighted by Gasteiger charge is -2.38. The third kappa shape index (κ3) is 5.07. The largest absolute Gasteiger partial charge is 0.314 e. The van der Waals surface area contributed by atoms with Gasteiger partial charge in [0.25, 0.3) is 0 Å². The summed E-state index contributed by atoms with van der Waals surface area (Å²) in [6.45, 7) is 12.2. The van der Waals surface area contributed by atoms with E-state index in [1.807, 2.05) is 0 Å². The summed E-state index contributed by atoms with van der Waals surface area (Å²) in [6, 6.07) is 0.778. The van der Waals surface area contributed by atoms with Crippen molar-refractivity contribution in [3.8, 4) is 0 Å². The highest BCUT2D eigenvalue weighted by molar-refractivity contribution is 4.86. The van der Waals surface area contributed by atoms with Gasteiger partial charge in [0.05, 0.1) is 0 Å². The van der Waals surface area contributed by atoms with E-state index < -0.39 is 0 Å². The summed E-state index contributed by atoms with van der Waals surface area (Å²) >= 11 is 0. The van der Waals surface area contributed by atoms with E-state index in [2.05, 4.69) is 31.0 Å². The standard InChI is InChI=1S/C17H34N2/c1-4-10-19(12-15-7-8-15)13-16-11-14(3)6-9-17(16)18-5-2/h14-18H,4-13H2,1-3H3. The molecule has 0 heterocycles. The minimum atomic E-state index is 0.778. The fraction of sp³-hybridized carbons (Fsp3) is 1.00. The van der Waals surface area contributed by atoms with E-state index >= 15 is 0 Å². The fourth-order valence-corrected chi connectivity index (χ4v) is 3.80. The van der Waals surface area contributed by atoms with Crippen LogP contribution in [0.2, 0.25) is 0 Å². The first-order valence-corrected chi connectivity index (χ1v) is 8.68. The lowest BCUT2D eigenvalue weighted by atomic mass is 9.78. The van der Waals surface area contributed by atoms with E-state index in [-0.39, 0.29) is 0 Å². The van der Waals surface area contributed by atoms with E-state index in [4.69, 9.17) is 0 Å². The topological polar surface area (TPSA) is 15.3 Å². The molecule has 2 aliphatic carbocycles. The lowest BCUT2D eigenvalue weighted by Crippen LogP contribution is -2.46. The summed E-state index contributed by atoms with van der Waals surface area (Å²) in [7, 11) is 0. The smallest absolute Gasteiger partial charge is 0.0108 e. The number of nitrogens with one attached hydrogen (secondary N) is 1. The Bertz CT molecular complexity index is 250. The molecule has 112 valence electrons. The summed E-state index contributed by atoms with van der Waals surface area (Å²) < 4.78 is 0. The Balaban J connectivity index is 1.86. The molecule has 0 saturated heterocycles. The molecule has 2 aliphatic rings. The van der Waals surface area contributed by atoms with Crippen LogP contribution in [0, 0.1) is 17.8 Å². The van der Waals surface area contributed by atoms with Gasteiger partial charge in [0.1, 0.15) is 0 Å². The number of hydrogen-bond donors (Lipinski definition) is 1. The quantitative estimate of drug-likeness (QED) is 0.723. The highest BCUT2D eigenvalue weighted by Crippen LogP contribution is 2.33. The van der Waals surface area contributed by atoms with Gasteiger partial charge in [0.15, 0.2) is 0 Å². The predicted molar refractivity (Wildman–Crippen MR) is 83.4 cm³/mol. The van der Waals surface area contributed by atoms with Crippen LogP contribution >= 0.6 is 0 Å². The maximum Gasteiger partial charge on any atom is 0.0108 e. The van der Waals surface area contributed by atoms with Crippen molar-refractivity contribution in [2.45, 2.75) is 65.3 Å². The molecule has 0 bridgehead atoms. The molecule has 0 aromatic rings. The van der Waals surface area contributed by atoms with Crippen LogP contribution in [0.25, 0.3) is 0 Å². The molecule has 0 amide bonds. The Hall–Kier alpha value is -0.0800. The maximum absolute atomic E-state index is 3.74. The zero-order valence-electron chi connectivity index (χ0n) is 13.3. The van der Waals surface area contributed by atoms with Crippen molar-refractivity contribution < 1.29 is 0 Å². The van der Waals surface area contributed by atoms with Gasteiger partial charge in [-0.05, 0) is 69.4 Å². The van der Waals surface area contributed by atoms with Crippen molar-refractivity contribution in [2.24, 2.45) is 17.8 Å². The van der Waals surface area contributed by atoms with E-state index in [0.717, 1.165) is 30.3 Å². The molecular weight excluding hydrogens is 232 g/mol. The van der Waals surface area contributed by atoms with E-state index in [1.165, 1.54) is 58.2 Å². The zero-order valence-corrected chi connectivity index (χ0v) is 13.3. The molecule has 3 atom stereocenters. The molecule has 2 saturated carbocycles. The van der Waals surface area contributed by atoms with E-state index in [0.29, 0.717) is 0 Å². The van der Waals surface area contributed by atoms with Gasteiger partial charge < -0.3 is 10.2 Å². The summed E-state index contributed by atoms with van der Waals surface area (Å²) in [5, 5.41) is 3.74. The van der Waals surface area contributed by atoms with Crippen LogP contribution in [-0.2, 0) is 0 Å². The second-order valence-corrected chi connectivity index (χ2v) is 7.05. The van der Waals surface area contributed by atoms with Gasteiger partial charge in [-0.1, -0.05) is 20.8 Å². The van der Waals surface area contributed by atoms with Gasteiger partial charge in [-0.15, -0.1) is 0 Å². The average Bonchev–Trinajstić information content (AvgIpc) is 3.17. The molecule has 2 nitrogen and oxygen atoms in total. The van der Waals surface area contributed by atoms with Crippen LogP contribution < -0.4 is 5.32 Å². The molecule has 0 aromatic heterocycles. The first kappa shape index (κ1) is 15.3. The molecule has 2 heteroatoms. The Kier molecular flexibility index (Phi) is 6.15. The SMILES string of the molecule is CCCN(CC1CC1)CC1CC(C)CCC1NCC. The van der Waals surface area contributed by atoms with Gasteiger partial charge in [0, 0.05) is 19.1 Å². The van der Waals surface area contributed by atoms with Gasteiger partial charge in [-0.25, -0.2) is 0 Å². The fourth-order valence-electron chi connectivity index (χ4n) is 3.80.